The molecule has 160 valence electrons. The van der Waals surface area contributed by atoms with Crippen molar-refractivity contribution in [3.8, 4) is 5.75 Å². The molecule has 1 atom stereocenters. The molecule has 1 unspecified atom stereocenters. The standard InChI is InChI=1S/C22H26FN3O3S/c23-17-5-7-18(8-6-17)29-16-22(28)25-12-10-24(11-13-25)15-21(27)26-9-1-3-19(26)20-4-2-14-30-20/h2,4-8,14,19H,1,3,9-13,15-16H2. The van der Waals surface area contributed by atoms with E-state index >= 15 is 0 Å². The maximum Gasteiger partial charge on any atom is 0.260 e. The molecule has 0 saturated carbocycles. The SMILES string of the molecule is O=C(COc1ccc(F)cc1)N1CCN(CC(=O)N2CCCC2c2cccs2)CC1. The van der Waals surface area contributed by atoms with E-state index in [1.165, 1.54) is 29.1 Å². The van der Waals surface area contributed by atoms with Gasteiger partial charge in [-0.3, -0.25) is 14.5 Å². The molecule has 1 aromatic heterocycles. The second kappa shape index (κ2) is 9.57. The number of rotatable bonds is 6. The van der Waals surface area contributed by atoms with Crippen molar-refractivity contribution >= 4 is 23.2 Å². The Hall–Kier alpha value is -2.45. The Morgan fingerprint density at radius 1 is 1.03 bits per heavy atom. The normalized spacial score (nSPS) is 19.8. The Balaban J connectivity index is 1.22. The first-order valence-corrected chi connectivity index (χ1v) is 11.2. The second-order valence-corrected chi connectivity index (χ2v) is 8.64. The van der Waals surface area contributed by atoms with Crippen molar-refractivity contribution in [3.63, 3.8) is 0 Å². The van der Waals surface area contributed by atoms with Gasteiger partial charge in [0, 0.05) is 37.6 Å². The molecule has 0 aliphatic carbocycles. The van der Waals surface area contributed by atoms with E-state index in [1.54, 1.807) is 16.2 Å². The van der Waals surface area contributed by atoms with Crippen molar-refractivity contribution < 1.29 is 18.7 Å². The van der Waals surface area contributed by atoms with Crippen LogP contribution < -0.4 is 4.74 Å². The number of carbonyl (C=O) groups is 2. The fourth-order valence-electron chi connectivity index (χ4n) is 4.05. The van der Waals surface area contributed by atoms with Crippen LogP contribution in [0, 0.1) is 5.82 Å². The van der Waals surface area contributed by atoms with Crippen LogP contribution in [0.5, 0.6) is 5.75 Å². The minimum absolute atomic E-state index is 0.0686. The molecule has 2 aliphatic rings. The highest BCUT2D eigenvalue weighted by molar-refractivity contribution is 7.10. The highest BCUT2D eigenvalue weighted by Gasteiger charge is 2.32. The zero-order valence-corrected chi connectivity index (χ0v) is 17.7. The Morgan fingerprint density at radius 2 is 1.80 bits per heavy atom. The molecule has 2 aromatic rings. The smallest absolute Gasteiger partial charge is 0.260 e. The third-order valence-electron chi connectivity index (χ3n) is 5.70. The zero-order valence-electron chi connectivity index (χ0n) is 16.8. The van der Waals surface area contributed by atoms with Crippen molar-refractivity contribution in [1.29, 1.82) is 0 Å². The summed E-state index contributed by atoms with van der Waals surface area (Å²) >= 11 is 1.71. The maximum atomic E-state index is 12.9. The van der Waals surface area contributed by atoms with Crippen LogP contribution in [0.1, 0.15) is 23.8 Å². The zero-order chi connectivity index (χ0) is 20.9. The highest BCUT2D eigenvalue weighted by Crippen LogP contribution is 2.34. The van der Waals surface area contributed by atoms with Crippen molar-refractivity contribution in [2.24, 2.45) is 0 Å². The van der Waals surface area contributed by atoms with Crippen LogP contribution in [0.3, 0.4) is 0 Å². The fraction of sp³-hybridized carbons (Fsp3) is 0.455. The summed E-state index contributed by atoms with van der Waals surface area (Å²) in [5, 5.41) is 2.06. The summed E-state index contributed by atoms with van der Waals surface area (Å²) in [6, 6.07) is 9.99. The van der Waals surface area contributed by atoms with Gasteiger partial charge in [0.1, 0.15) is 11.6 Å². The molecule has 3 heterocycles. The monoisotopic (exact) mass is 431 g/mol. The van der Waals surface area contributed by atoms with E-state index in [2.05, 4.69) is 16.3 Å². The molecule has 2 saturated heterocycles. The molecule has 6 nitrogen and oxygen atoms in total. The molecule has 2 aliphatic heterocycles. The largest absolute Gasteiger partial charge is 0.484 e. The van der Waals surface area contributed by atoms with E-state index in [0.29, 0.717) is 38.5 Å². The summed E-state index contributed by atoms with van der Waals surface area (Å²) in [5.74, 6) is 0.211. The average molecular weight is 432 g/mol. The van der Waals surface area contributed by atoms with Gasteiger partial charge in [-0.1, -0.05) is 6.07 Å². The lowest BCUT2D eigenvalue weighted by Gasteiger charge is -2.35. The number of ether oxygens (including phenoxy) is 1. The van der Waals surface area contributed by atoms with Crippen molar-refractivity contribution in [2.75, 3.05) is 45.9 Å². The van der Waals surface area contributed by atoms with Crippen LogP contribution in [0.25, 0.3) is 0 Å². The highest BCUT2D eigenvalue weighted by atomic mass is 32.1. The molecule has 0 N–H and O–H groups in total. The minimum atomic E-state index is -0.338. The van der Waals surface area contributed by atoms with Gasteiger partial charge in [-0.25, -0.2) is 4.39 Å². The van der Waals surface area contributed by atoms with E-state index in [-0.39, 0.29) is 30.3 Å². The van der Waals surface area contributed by atoms with Crippen LogP contribution in [0.2, 0.25) is 0 Å². The second-order valence-electron chi connectivity index (χ2n) is 7.66. The molecule has 1 aromatic carbocycles. The number of hydrogen-bond acceptors (Lipinski definition) is 5. The Kier molecular flexibility index (Phi) is 6.64. The number of likely N-dealkylation sites (tertiary alicyclic amines) is 1. The van der Waals surface area contributed by atoms with Crippen LogP contribution in [0.4, 0.5) is 4.39 Å². The molecule has 4 rings (SSSR count). The number of piperazine rings is 1. The lowest BCUT2D eigenvalue weighted by molar-refractivity contribution is -0.136. The number of hydrogen-bond donors (Lipinski definition) is 0. The molecular formula is C22H26FN3O3S. The number of benzene rings is 1. The third-order valence-corrected chi connectivity index (χ3v) is 6.68. The molecule has 0 radical (unpaired) electrons. The molecule has 30 heavy (non-hydrogen) atoms. The fourth-order valence-corrected chi connectivity index (χ4v) is 4.92. The van der Waals surface area contributed by atoms with Gasteiger partial charge in [0.05, 0.1) is 12.6 Å². The van der Waals surface area contributed by atoms with Gasteiger partial charge in [0.25, 0.3) is 5.91 Å². The first kappa shape index (κ1) is 20.8. The predicted molar refractivity (Wildman–Crippen MR) is 113 cm³/mol. The summed E-state index contributed by atoms with van der Waals surface area (Å²) in [4.78, 5) is 32.4. The summed E-state index contributed by atoms with van der Waals surface area (Å²) in [6.45, 7) is 3.65. The number of amides is 2. The average Bonchev–Trinajstić information content (AvgIpc) is 3.45. The Morgan fingerprint density at radius 3 is 2.50 bits per heavy atom. The van der Waals surface area contributed by atoms with Crippen LogP contribution in [-0.2, 0) is 9.59 Å². The van der Waals surface area contributed by atoms with Gasteiger partial charge in [0.2, 0.25) is 5.91 Å². The van der Waals surface area contributed by atoms with Gasteiger partial charge in [-0.05, 0) is 48.6 Å². The Bertz CT molecular complexity index is 851. The molecule has 2 fully saturated rings. The van der Waals surface area contributed by atoms with E-state index in [9.17, 15) is 14.0 Å². The van der Waals surface area contributed by atoms with Gasteiger partial charge in [-0.2, -0.15) is 0 Å². The lowest BCUT2D eigenvalue weighted by Crippen LogP contribution is -2.52. The van der Waals surface area contributed by atoms with Gasteiger partial charge < -0.3 is 14.5 Å². The van der Waals surface area contributed by atoms with E-state index in [1.807, 2.05) is 11.0 Å². The summed E-state index contributed by atoms with van der Waals surface area (Å²) in [5.41, 5.74) is 0. The number of halogens is 1. The Labute approximate surface area is 179 Å². The maximum absolute atomic E-state index is 12.9. The van der Waals surface area contributed by atoms with Crippen LogP contribution in [-0.4, -0.2) is 72.4 Å². The predicted octanol–water partition coefficient (Wildman–Crippen LogP) is 2.77. The number of nitrogens with zero attached hydrogens (tertiary/aromatic N) is 3. The third kappa shape index (κ3) is 4.99. The number of thiophene rings is 1. The summed E-state index contributed by atoms with van der Waals surface area (Å²) < 4.78 is 18.4. The molecule has 0 bridgehead atoms. The number of carbonyl (C=O) groups excluding carboxylic acids is 2. The van der Waals surface area contributed by atoms with E-state index < -0.39 is 0 Å². The molecule has 2 amide bonds. The molecular weight excluding hydrogens is 405 g/mol. The first-order chi connectivity index (χ1) is 14.6. The van der Waals surface area contributed by atoms with Gasteiger partial charge in [0.15, 0.2) is 6.61 Å². The molecule has 8 heteroatoms. The summed E-state index contributed by atoms with van der Waals surface area (Å²) in [6.07, 6.45) is 2.08. The topological polar surface area (TPSA) is 53.1 Å². The van der Waals surface area contributed by atoms with Crippen LogP contribution >= 0.6 is 11.3 Å². The van der Waals surface area contributed by atoms with Gasteiger partial charge in [-0.15, -0.1) is 11.3 Å². The van der Waals surface area contributed by atoms with Crippen molar-refractivity contribution in [1.82, 2.24) is 14.7 Å². The lowest BCUT2D eigenvalue weighted by atomic mass is 10.2. The van der Waals surface area contributed by atoms with E-state index in [4.69, 9.17) is 4.74 Å². The van der Waals surface area contributed by atoms with Gasteiger partial charge >= 0.3 is 0 Å². The van der Waals surface area contributed by atoms with Crippen LogP contribution in [0.15, 0.2) is 41.8 Å². The van der Waals surface area contributed by atoms with Crippen molar-refractivity contribution in [3.05, 3.63) is 52.5 Å². The van der Waals surface area contributed by atoms with Crippen molar-refractivity contribution in [2.45, 2.75) is 18.9 Å². The quantitative estimate of drug-likeness (QED) is 0.706. The molecule has 0 spiro atoms. The van der Waals surface area contributed by atoms with E-state index in [0.717, 1.165) is 19.4 Å². The minimum Gasteiger partial charge on any atom is -0.484 e. The summed E-state index contributed by atoms with van der Waals surface area (Å²) in [7, 11) is 0. The first-order valence-electron chi connectivity index (χ1n) is 10.3.